The van der Waals surface area contributed by atoms with E-state index in [2.05, 4.69) is 0 Å². The second-order valence-corrected chi connectivity index (χ2v) is 3.39. The molecule has 1 heterocycles. The lowest BCUT2D eigenvalue weighted by Crippen LogP contribution is -2.39. The number of carbonyl (C=O) groups excluding carboxylic acids is 1. The van der Waals surface area contributed by atoms with Crippen LogP contribution in [0, 0.1) is 0 Å². The number of benzene rings is 1. The number of hydrogen-bond acceptors (Lipinski definition) is 3. The van der Waals surface area contributed by atoms with Crippen LogP contribution < -0.4 is 16.4 Å². The first-order chi connectivity index (χ1) is 6.72. The summed E-state index contributed by atoms with van der Waals surface area (Å²) >= 11 is 0. The third-order valence-corrected chi connectivity index (χ3v) is 2.49. The first kappa shape index (κ1) is 9.02. The van der Waals surface area contributed by atoms with Crippen LogP contribution in [0.4, 0.5) is 11.4 Å². The van der Waals surface area contributed by atoms with Crippen LogP contribution in [-0.2, 0) is 11.2 Å². The topological polar surface area (TPSA) is 72.3 Å². The fourth-order valence-electron chi connectivity index (χ4n) is 1.78. The molecule has 0 bridgehead atoms. The lowest BCUT2D eigenvalue weighted by atomic mass is 10.0. The summed E-state index contributed by atoms with van der Waals surface area (Å²) < 4.78 is 0. The maximum absolute atomic E-state index is 11.5. The van der Waals surface area contributed by atoms with Gasteiger partial charge in [-0.2, -0.15) is 0 Å². The van der Waals surface area contributed by atoms with Gasteiger partial charge in [0.05, 0.1) is 6.67 Å². The summed E-state index contributed by atoms with van der Waals surface area (Å²) in [6, 6.07) is 5.55. The third-order valence-electron chi connectivity index (χ3n) is 2.49. The second kappa shape index (κ2) is 3.31. The van der Waals surface area contributed by atoms with Gasteiger partial charge < -0.3 is 11.5 Å². The Morgan fingerprint density at radius 2 is 2.14 bits per heavy atom. The normalized spacial score (nSPS) is 15.5. The van der Waals surface area contributed by atoms with Crippen LogP contribution in [0.25, 0.3) is 0 Å². The molecule has 0 atom stereocenters. The largest absolute Gasteiger partial charge is 0.399 e. The Morgan fingerprint density at radius 1 is 1.36 bits per heavy atom. The SMILES string of the molecule is NCN1C(=O)CCc2cc(N)ccc21. The van der Waals surface area contributed by atoms with Gasteiger partial charge in [0.1, 0.15) is 0 Å². The molecule has 1 aliphatic heterocycles. The molecule has 1 aromatic rings. The van der Waals surface area contributed by atoms with Gasteiger partial charge in [-0.15, -0.1) is 0 Å². The van der Waals surface area contributed by atoms with E-state index in [-0.39, 0.29) is 12.6 Å². The summed E-state index contributed by atoms with van der Waals surface area (Å²) in [4.78, 5) is 13.1. The predicted octanol–water partition coefficient (Wildman–Crippen LogP) is 0.464. The molecule has 1 amide bonds. The second-order valence-electron chi connectivity index (χ2n) is 3.39. The lowest BCUT2D eigenvalue weighted by molar-refractivity contribution is -0.118. The van der Waals surface area contributed by atoms with Gasteiger partial charge in [0.15, 0.2) is 0 Å². The monoisotopic (exact) mass is 191 g/mol. The number of nitrogens with zero attached hydrogens (tertiary/aromatic N) is 1. The highest BCUT2D eigenvalue weighted by molar-refractivity contribution is 5.96. The molecule has 0 unspecified atom stereocenters. The minimum absolute atomic E-state index is 0.0878. The van der Waals surface area contributed by atoms with Crippen molar-refractivity contribution in [3.8, 4) is 0 Å². The van der Waals surface area contributed by atoms with E-state index in [1.165, 1.54) is 0 Å². The van der Waals surface area contributed by atoms with Gasteiger partial charge in [-0.1, -0.05) is 0 Å². The van der Waals surface area contributed by atoms with Gasteiger partial charge in [0.2, 0.25) is 5.91 Å². The molecule has 74 valence electrons. The highest BCUT2D eigenvalue weighted by atomic mass is 16.2. The Balaban J connectivity index is 2.47. The summed E-state index contributed by atoms with van der Waals surface area (Å²) in [7, 11) is 0. The van der Waals surface area contributed by atoms with Gasteiger partial charge in [-0.05, 0) is 30.2 Å². The Bertz CT molecular complexity index is 376. The maximum Gasteiger partial charge on any atom is 0.228 e. The summed E-state index contributed by atoms with van der Waals surface area (Å²) in [6.45, 7) is 0.232. The first-order valence-corrected chi connectivity index (χ1v) is 4.61. The van der Waals surface area contributed by atoms with Crippen molar-refractivity contribution in [3.63, 3.8) is 0 Å². The Labute approximate surface area is 82.5 Å². The van der Waals surface area contributed by atoms with Crippen molar-refractivity contribution >= 4 is 17.3 Å². The molecule has 2 rings (SSSR count). The van der Waals surface area contributed by atoms with Crippen molar-refractivity contribution in [1.29, 1.82) is 0 Å². The molecule has 0 aliphatic carbocycles. The van der Waals surface area contributed by atoms with E-state index in [4.69, 9.17) is 11.5 Å². The van der Waals surface area contributed by atoms with Gasteiger partial charge in [-0.3, -0.25) is 9.69 Å². The lowest BCUT2D eigenvalue weighted by Gasteiger charge is -2.28. The highest BCUT2D eigenvalue weighted by Crippen LogP contribution is 2.28. The Hall–Kier alpha value is -1.55. The average molecular weight is 191 g/mol. The van der Waals surface area contributed by atoms with E-state index in [1.807, 2.05) is 12.1 Å². The fourth-order valence-corrected chi connectivity index (χ4v) is 1.78. The van der Waals surface area contributed by atoms with Crippen molar-refractivity contribution in [2.45, 2.75) is 12.8 Å². The van der Waals surface area contributed by atoms with Crippen LogP contribution in [0.15, 0.2) is 18.2 Å². The van der Waals surface area contributed by atoms with E-state index in [9.17, 15) is 4.79 Å². The minimum Gasteiger partial charge on any atom is -0.399 e. The number of aryl methyl sites for hydroxylation is 1. The number of amides is 1. The summed E-state index contributed by atoms with van der Waals surface area (Å²) in [5.74, 6) is 0.0878. The molecule has 4 nitrogen and oxygen atoms in total. The van der Waals surface area contributed by atoms with E-state index in [0.717, 1.165) is 23.4 Å². The Morgan fingerprint density at radius 3 is 2.86 bits per heavy atom. The van der Waals surface area contributed by atoms with Crippen molar-refractivity contribution in [1.82, 2.24) is 0 Å². The number of carbonyl (C=O) groups is 1. The molecule has 0 spiro atoms. The Kier molecular flexibility index (Phi) is 2.13. The van der Waals surface area contributed by atoms with Crippen molar-refractivity contribution < 1.29 is 4.79 Å². The number of anilines is 2. The van der Waals surface area contributed by atoms with Crippen molar-refractivity contribution in [3.05, 3.63) is 23.8 Å². The van der Waals surface area contributed by atoms with E-state index in [0.29, 0.717) is 6.42 Å². The van der Waals surface area contributed by atoms with Crippen molar-refractivity contribution in [2.24, 2.45) is 5.73 Å². The number of nitrogens with two attached hydrogens (primary N) is 2. The summed E-state index contributed by atoms with van der Waals surface area (Å²) in [6.07, 6.45) is 1.28. The zero-order valence-electron chi connectivity index (χ0n) is 7.86. The van der Waals surface area contributed by atoms with Gasteiger partial charge >= 0.3 is 0 Å². The van der Waals surface area contributed by atoms with Crippen LogP contribution in [0.5, 0.6) is 0 Å². The van der Waals surface area contributed by atoms with E-state index in [1.54, 1.807) is 11.0 Å². The molecule has 0 radical (unpaired) electrons. The van der Waals surface area contributed by atoms with E-state index >= 15 is 0 Å². The molecule has 0 saturated carbocycles. The standard InChI is InChI=1S/C10H13N3O/c11-6-13-9-3-2-8(12)5-7(9)1-4-10(13)14/h2-3,5H,1,4,6,11-12H2. The number of nitrogen functional groups attached to an aromatic ring is 1. The summed E-state index contributed by atoms with van der Waals surface area (Å²) in [5.41, 5.74) is 13.9. The van der Waals surface area contributed by atoms with Crippen LogP contribution in [0.2, 0.25) is 0 Å². The molecular formula is C10H13N3O. The molecule has 0 saturated heterocycles. The van der Waals surface area contributed by atoms with Crippen LogP contribution in [0.3, 0.4) is 0 Å². The molecule has 4 N–H and O–H groups in total. The first-order valence-electron chi connectivity index (χ1n) is 4.61. The molecule has 0 aromatic heterocycles. The number of fused-ring (bicyclic) bond motifs is 1. The van der Waals surface area contributed by atoms with Gasteiger partial charge in [0.25, 0.3) is 0 Å². The van der Waals surface area contributed by atoms with Crippen molar-refractivity contribution in [2.75, 3.05) is 17.3 Å². The predicted molar refractivity (Wildman–Crippen MR) is 55.7 cm³/mol. The fraction of sp³-hybridized carbons (Fsp3) is 0.300. The molecule has 4 heteroatoms. The quantitative estimate of drug-likeness (QED) is 0.633. The smallest absolute Gasteiger partial charge is 0.228 e. The third kappa shape index (κ3) is 1.33. The van der Waals surface area contributed by atoms with Gasteiger partial charge in [-0.25, -0.2) is 0 Å². The van der Waals surface area contributed by atoms with E-state index < -0.39 is 0 Å². The van der Waals surface area contributed by atoms with Crippen LogP contribution >= 0.6 is 0 Å². The maximum atomic E-state index is 11.5. The van der Waals surface area contributed by atoms with Crippen LogP contribution in [0.1, 0.15) is 12.0 Å². The molecule has 0 fully saturated rings. The molecule has 1 aromatic carbocycles. The highest BCUT2D eigenvalue weighted by Gasteiger charge is 2.22. The number of rotatable bonds is 1. The molecule has 1 aliphatic rings. The van der Waals surface area contributed by atoms with Gasteiger partial charge in [0, 0.05) is 17.8 Å². The number of hydrogen-bond donors (Lipinski definition) is 2. The van der Waals surface area contributed by atoms with Crippen LogP contribution in [-0.4, -0.2) is 12.6 Å². The molecule has 14 heavy (non-hydrogen) atoms. The zero-order chi connectivity index (χ0) is 10.1. The summed E-state index contributed by atoms with van der Waals surface area (Å²) in [5, 5.41) is 0. The zero-order valence-corrected chi connectivity index (χ0v) is 7.86. The minimum atomic E-state index is 0.0878. The molecular weight excluding hydrogens is 178 g/mol. The average Bonchev–Trinajstić information content (AvgIpc) is 2.18.